The molecule has 0 aliphatic carbocycles. The average Bonchev–Trinajstić information content (AvgIpc) is 2.03. The zero-order valence-corrected chi connectivity index (χ0v) is 8.52. The van der Waals surface area contributed by atoms with E-state index in [0.29, 0.717) is 5.75 Å². The molecule has 13 heavy (non-hydrogen) atoms. The first-order valence-corrected chi connectivity index (χ1v) is 4.93. The van der Waals surface area contributed by atoms with Crippen molar-refractivity contribution in [3.8, 4) is 0 Å². The number of nitrogens with one attached hydrogen (secondary N) is 1. The Morgan fingerprint density at radius 1 is 1.62 bits per heavy atom. The van der Waals surface area contributed by atoms with Crippen molar-refractivity contribution in [2.75, 3.05) is 18.6 Å². The molecule has 0 bridgehead atoms. The van der Waals surface area contributed by atoms with Gasteiger partial charge in [-0.3, -0.25) is 10.1 Å². The lowest BCUT2D eigenvalue weighted by Crippen LogP contribution is -2.32. The van der Waals surface area contributed by atoms with E-state index >= 15 is 0 Å². The Hall–Kier alpha value is -0.750. The molecular formula is C7H14N2O3S. The molecule has 3 N–H and O–H groups in total. The van der Waals surface area contributed by atoms with Gasteiger partial charge in [-0.2, -0.15) is 11.8 Å². The summed E-state index contributed by atoms with van der Waals surface area (Å²) in [5, 5.41) is 2.04. The molecule has 76 valence electrons. The number of carbonyl (C=O) groups excluding carboxylic acids is 2. The third-order valence-corrected chi connectivity index (χ3v) is 2.27. The Balaban J connectivity index is 3.46. The van der Waals surface area contributed by atoms with E-state index in [1.807, 2.05) is 12.2 Å². The van der Waals surface area contributed by atoms with E-state index in [9.17, 15) is 9.59 Å². The van der Waals surface area contributed by atoms with Crippen LogP contribution in [0.15, 0.2) is 0 Å². The average molecular weight is 206 g/mol. The molecule has 2 amide bonds. The Morgan fingerprint density at radius 2 is 2.23 bits per heavy atom. The minimum atomic E-state index is -0.730. The van der Waals surface area contributed by atoms with Crippen molar-refractivity contribution in [3.63, 3.8) is 0 Å². The fraction of sp³-hybridized carbons (Fsp3) is 0.714. The lowest BCUT2D eigenvalue weighted by atomic mass is 10.4. The van der Waals surface area contributed by atoms with E-state index in [2.05, 4.69) is 4.74 Å². The van der Waals surface area contributed by atoms with Crippen molar-refractivity contribution < 1.29 is 14.3 Å². The maximum Gasteiger partial charge on any atom is 0.413 e. The summed E-state index contributed by atoms with van der Waals surface area (Å²) in [4.78, 5) is 21.5. The fourth-order valence-corrected chi connectivity index (χ4v) is 1.29. The number of rotatable bonds is 4. The predicted molar refractivity (Wildman–Crippen MR) is 51.5 cm³/mol. The third kappa shape index (κ3) is 7.61. The molecular weight excluding hydrogens is 192 g/mol. The smallest absolute Gasteiger partial charge is 0.413 e. The molecule has 0 fully saturated rings. The molecule has 6 heteroatoms. The van der Waals surface area contributed by atoms with Crippen molar-refractivity contribution in [3.05, 3.63) is 0 Å². The highest BCUT2D eigenvalue weighted by molar-refractivity contribution is 8.00. The molecule has 5 nitrogen and oxygen atoms in total. The molecule has 0 saturated heterocycles. The predicted octanol–water partition coefficient (Wildman–Crippen LogP) is -0.0506. The number of thioether (sulfide) groups is 1. The van der Waals surface area contributed by atoms with Gasteiger partial charge in [-0.1, -0.05) is 0 Å². The first-order valence-electron chi connectivity index (χ1n) is 3.77. The standard InChI is InChI=1S/C7H14N2O3S/c1-5(8)3-13-4-6(10)9-7(11)12-2/h5H,3-4,8H2,1-2H3,(H,9,10,11). The number of hydrogen-bond acceptors (Lipinski definition) is 5. The van der Waals surface area contributed by atoms with Crippen LogP contribution in [-0.4, -0.2) is 36.7 Å². The Morgan fingerprint density at radius 3 is 2.69 bits per heavy atom. The molecule has 1 atom stereocenters. The Bertz CT molecular complexity index is 185. The van der Waals surface area contributed by atoms with Gasteiger partial charge in [-0.15, -0.1) is 0 Å². The van der Waals surface area contributed by atoms with Gasteiger partial charge in [-0.25, -0.2) is 4.79 Å². The second-order valence-corrected chi connectivity index (χ2v) is 3.56. The van der Waals surface area contributed by atoms with Gasteiger partial charge in [0.15, 0.2) is 0 Å². The van der Waals surface area contributed by atoms with Crippen LogP contribution in [0.25, 0.3) is 0 Å². The summed E-state index contributed by atoms with van der Waals surface area (Å²) >= 11 is 1.38. The van der Waals surface area contributed by atoms with Gasteiger partial charge in [0.25, 0.3) is 0 Å². The van der Waals surface area contributed by atoms with Gasteiger partial charge < -0.3 is 10.5 Å². The van der Waals surface area contributed by atoms with Gasteiger partial charge in [0.2, 0.25) is 5.91 Å². The van der Waals surface area contributed by atoms with E-state index in [1.165, 1.54) is 18.9 Å². The monoisotopic (exact) mass is 206 g/mol. The quantitative estimate of drug-likeness (QED) is 0.674. The van der Waals surface area contributed by atoms with Crippen molar-refractivity contribution in [2.24, 2.45) is 5.73 Å². The SMILES string of the molecule is COC(=O)NC(=O)CSCC(C)N. The molecule has 0 spiro atoms. The Kier molecular flexibility index (Phi) is 6.34. The second kappa shape index (κ2) is 6.73. The zero-order chi connectivity index (χ0) is 10.3. The number of hydrogen-bond donors (Lipinski definition) is 2. The van der Waals surface area contributed by atoms with Crippen LogP contribution in [0.2, 0.25) is 0 Å². The minimum absolute atomic E-state index is 0.0518. The number of carbonyl (C=O) groups is 2. The van der Waals surface area contributed by atoms with E-state index in [-0.39, 0.29) is 17.7 Å². The van der Waals surface area contributed by atoms with E-state index in [1.54, 1.807) is 0 Å². The zero-order valence-electron chi connectivity index (χ0n) is 7.70. The number of methoxy groups -OCH3 is 1. The molecule has 0 rings (SSSR count). The third-order valence-electron chi connectivity index (χ3n) is 1.04. The van der Waals surface area contributed by atoms with Crippen molar-refractivity contribution >= 4 is 23.8 Å². The van der Waals surface area contributed by atoms with Gasteiger partial charge in [0.1, 0.15) is 0 Å². The van der Waals surface area contributed by atoms with Gasteiger partial charge >= 0.3 is 6.09 Å². The summed E-state index contributed by atoms with van der Waals surface area (Å²) < 4.78 is 4.24. The van der Waals surface area contributed by atoms with Crippen LogP contribution in [0.5, 0.6) is 0 Å². The van der Waals surface area contributed by atoms with Crippen LogP contribution in [0, 0.1) is 0 Å². The maximum absolute atomic E-state index is 10.9. The number of imide groups is 1. The lowest BCUT2D eigenvalue weighted by Gasteiger charge is -2.04. The highest BCUT2D eigenvalue weighted by Gasteiger charge is 2.07. The largest absolute Gasteiger partial charge is 0.453 e. The fourth-order valence-electron chi connectivity index (χ4n) is 0.538. The summed E-state index contributed by atoms with van der Waals surface area (Å²) in [7, 11) is 1.21. The summed E-state index contributed by atoms with van der Waals surface area (Å²) in [5.41, 5.74) is 5.46. The van der Waals surface area contributed by atoms with E-state index in [4.69, 9.17) is 5.73 Å². The highest BCUT2D eigenvalue weighted by atomic mass is 32.2. The second-order valence-electron chi connectivity index (χ2n) is 2.53. The van der Waals surface area contributed by atoms with Crippen molar-refractivity contribution in [2.45, 2.75) is 13.0 Å². The van der Waals surface area contributed by atoms with Crippen LogP contribution in [-0.2, 0) is 9.53 Å². The molecule has 0 aromatic heterocycles. The molecule has 1 unspecified atom stereocenters. The molecule has 0 aromatic carbocycles. The molecule has 0 aromatic rings. The molecule has 0 aliphatic rings. The van der Waals surface area contributed by atoms with Crippen LogP contribution < -0.4 is 11.1 Å². The Labute approximate surface area is 81.4 Å². The van der Waals surface area contributed by atoms with Crippen LogP contribution >= 0.6 is 11.8 Å². The number of nitrogens with two attached hydrogens (primary N) is 1. The van der Waals surface area contributed by atoms with E-state index < -0.39 is 6.09 Å². The summed E-state index contributed by atoms with van der Waals surface area (Å²) in [6.07, 6.45) is -0.730. The van der Waals surface area contributed by atoms with Crippen LogP contribution in [0.1, 0.15) is 6.92 Å². The first-order chi connectivity index (χ1) is 6.06. The minimum Gasteiger partial charge on any atom is -0.453 e. The highest BCUT2D eigenvalue weighted by Crippen LogP contribution is 2.00. The first kappa shape index (κ1) is 12.2. The molecule has 0 radical (unpaired) electrons. The maximum atomic E-state index is 10.9. The van der Waals surface area contributed by atoms with Crippen molar-refractivity contribution in [1.82, 2.24) is 5.32 Å². The van der Waals surface area contributed by atoms with Crippen molar-refractivity contribution in [1.29, 1.82) is 0 Å². The van der Waals surface area contributed by atoms with Crippen LogP contribution in [0.4, 0.5) is 4.79 Å². The number of ether oxygens (including phenoxy) is 1. The number of amides is 2. The topological polar surface area (TPSA) is 81.4 Å². The molecule has 0 heterocycles. The van der Waals surface area contributed by atoms with E-state index in [0.717, 1.165) is 0 Å². The lowest BCUT2D eigenvalue weighted by molar-refractivity contribution is -0.117. The summed E-state index contributed by atoms with van der Waals surface area (Å²) in [6.45, 7) is 1.85. The molecule has 0 aliphatic heterocycles. The number of alkyl carbamates (subject to hydrolysis) is 1. The van der Waals surface area contributed by atoms with Gasteiger partial charge in [0.05, 0.1) is 12.9 Å². The summed E-state index contributed by atoms with van der Waals surface area (Å²) in [6, 6.07) is 0.0518. The van der Waals surface area contributed by atoms with Crippen LogP contribution in [0.3, 0.4) is 0 Å². The molecule has 0 saturated carbocycles. The van der Waals surface area contributed by atoms with Gasteiger partial charge in [-0.05, 0) is 6.92 Å². The van der Waals surface area contributed by atoms with Gasteiger partial charge in [0, 0.05) is 11.8 Å². The summed E-state index contributed by atoms with van der Waals surface area (Å²) in [5.74, 6) is 0.545. The normalized spacial score (nSPS) is 11.9.